The van der Waals surface area contributed by atoms with Gasteiger partial charge in [-0.2, -0.15) is 0 Å². The molecule has 140 valence electrons. The SMILES string of the molecule is CCCCOCc1cc(Cc2ccccc2)c(O)c(Cc2ccccc2)c1. The fraction of sp³-hybridized carbons (Fsp3) is 0.280. The van der Waals surface area contributed by atoms with Crippen molar-refractivity contribution < 1.29 is 9.84 Å². The minimum absolute atomic E-state index is 0.403. The molecular weight excluding hydrogens is 332 g/mol. The highest BCUT2D eigenvalue weighted by Gasteiger charge is 2.12. The van der Waals surface area contributed by atoms with Gasteiger partial charge in [-0.05, 0) is 46.4 Å². The highest BCUT2D eigenvalue weighted by molar-refractivity contribution is 5.47. The number of hydrogen-bond donors (Lipinski definition) is 1. The number of rotatable bonds is 9. The van der Waals surface area contributed by atoms with Crippen LogP contribution in [0.3, 0.4) is 0 Å². The maximum absolute atomic E-state index is 10.9. The Hall–Kier alpha value is -2.58. The zero-order chi connectivity index (χ0) is 18.9. The zero-order valence-corrected chi connectivity index (χ0v) is 16.0. The van der Waals surface area contributed by atoms with Crippen LogP contribution in [0.1, 0.15) is 47.6 Å². The van der Waals surface area contributed by atoms with Crippen molar-refractivity contribution in [1.82, 2.24) is 0 Å². The molecule has 0 amide bonds. The predicted octanol–water partition coefficient (Wildman–Crippen LogP) is 5.89. The van der Waals surface area contributed by atoms with Crippen molar-refractivity contribution in [2.45, 2.75) is 39.2 Å². The normalized spacial score (nSPS) is 10.9. The molecule has 3 rings (SSSR count). The van der Waals surface area contributed by atoms with Gasteiger partial charge < -0.3 is 9.84 Å². The molecule has 0 saturated carbocycles. The van der Waals surface area contributed by atoms with Crippen molar-refractivity contribution in [3.8, 4) is 5.75 Å². The average Bonchev–Trinajstić information content (AvgIpc) is 2.70. The lowest BCUT2D eigenvalue weighted by molar-refractivity contribution is 0.118. The molecular formula is C25H28O2. The molecule has 0 spiro atoms. The first-order valence-corrected chi connectivity index (χ1v) is 9.75. The van der Waals surface area contributed by atoms with Crippen molar-refractivity contribution >= 4 is 0 Å². The van der Waals surface area contributed by atoms with Crippen LogP contribution in [0.5, 0.6) is 5.75 Å². The van der Waals surface area contributed by atoms with Crippen LogP contribution in [0.4, 0.5) is 0 Å². The third-order valence-corrected chi connectivity index (χ3v) is 4.71. The Balaban J connectivity index is 1.86. The smallest absolute Gasteiger partial charge is 0.122 e. The Morgan fingerprint density at radius 3 is 1.74 bits per heavy atom. The van der Waals surface area contributed by atoms with E-state index >= 15 is 0 Å². The second-order valence-electron chi connectivity index (χ2n) is 6.99. The van der Waals surface area contributed by atoms with Crippen LogP contribution in [0.2, 0.25) is 0 Å². The van der Waals surface area contributed by atoms with Gasteiger partial charge in [0.25, 0.3) is 0 Å². The quantitative estimate of drug-likeness (QED) is 0.482. The molecule has 3 aromatic carbocycles. The molecule has 2 nitrogen and oxygen atoms in total. The van der Waals surface area contributed by atoms with E-state index in [-0.39, 0.29) is 0 Å². The third-order valence-electron chi connectivity index (χ3n) is 4.71. The molecule has 0 aromatic heterocycles. The zero-order valence-electron chi connectivity index (χ0n) is 16.0. The third kappa shape index (κ3) is 5.70. The maximum atomic E-state index is 10.9. The number of phenols is 1. The van der Waals surface area contributed by atoms with E-state index in [0.717, 1.165) is 49.0 Å². The Kier molecular flexibility index (Phi) is 7.06. The number of phenolic OH excluding ortho intramolecular Hbond substituents is 1. The van der Waals surface area contributed by atoms with Crippen LogP contribution in [-0.2, 0) is 24.2 Å². The number of aromatic hydroxyl groups is 1. The van der Waals surface area contributed by atoms with E-state index in [0.29, 0.717) is 12.4 Å². The minimum Gasteiger partial charge on any atom is -0.507 e. The van der Waals surface area contributed by atoms with Gasteiger partial charge in [-0.3, -0.25) is 0 Å². The lowest BCUT2D eigenvalue weighted by Gasteiger charge is -2.14. The molecule has 0 radical (unpaired) electrons. The van der Waals surface area contributed by atoms with E-state index in [4.69, 9.17) is 4.74 Å². The van der Waals surface area contributed by atoms with Crippen molar-refractivity contribution in [3.63, 3.8) is 0 Å². The summed E-state index contributed by atoms with van der Waals surface area (Å²) in [6.45, 7) is 3.53. The summed E-state index contributed by atoms with van der Waals surface area (Å²) < 4.78 is 5.83. The molecule has 0 saturated heterocycles. The molecule has 2 heteroatoms. The summed E-state index contributed by atoms with van der Waals surface area (Å²) in [6, 6.07) is 24.7. The van der Waals surface area contributed by atoms with Gasteiger partial charge >= 0.3 is 0 Å². The molecule has 0 unspecified atom stereocenters. The lowest BCUT2D eigenvalue weighted by Crippen LogP contribution is -2.01. The van der Waals surface area contributed by atoms with Crippen LogP contribution in [0, 0.1) is 0 Å². The molecule has 0 aliphatic heterocycles. The maximum Gasteiger partial charge on any atom is 0.122 e. The first-order valence-electron chi connectivity index (χ1n) is 9.75. The fourth-order valence-electron chi connectivity index (χ4n) is 3.25. The number of hydrogen-bond acceptors (Lipinski definition) is 2. The molecule has 0 aliphatic rings. The fourth-order valence-corrected chi connectivity index (χ4v) is 3.25. The lowest BCUT2D eigenvalue weighted by atomic mass is 9.95. The van der Waals surface area contributed by atoms with E-state index in [1.807, 2.05) is 36.4 Å². The van der Waals surface area contributed by atoms with Gasteiger partial charge in [0.2, 0.25) is 0 Å². The molecule has 0 aliphatic carbocycles. The van der Waals surface area contributed by atoms with Crippen molar-refractivity contribution in [3.05, 3.63) is 101 Å². The van der Waals surface area contributed by atoms with Crippen LogP contribution < -0.4 is 0 Å². The molecule has 0 fully saturated rings. The van der Waals surface area contributed by atoms with Gasteiger partial charge in [0, 0.05) is 19.4 Å². The first-order chi connectivity index (χ1) is 13.3. The summed E-state index contributed by atoms with van der Waals surface area (Å²) in [5.74, 6) is 0.403. The summed E-state index contributed by atoms with van der Waals surface area (Å²) in [6.07, 6.45) is 3.65. The minimum atomic E-state index is 0.403. The van der Waals surface area contributed by atoms with Gasteiger partial charge in [-0.15, -0.1) is 0 Å². The summed E-state index contributed by atoms with van der Waals surface area (Å²) in [4.78, 5) is 0. The molecule has 0 heterocycles. The highest BCUT2D eigenvalue weighted by Crippen LogP contribution is 2.29. The molecule has 3 aromatic rings. The summed E-state index contributed by atoms with van der Waals surface area (Å²) in [7, 11) is 0. The number of benzene rings is 3. The summed E-state index contributed by atoms with van der Waals surface area (Å²) >= 11 is 0. The van der Waals surface area contributed by atoms with Gasteiger partial charge in [0.15, 0.2) is 0 Å². The predicted molar refractivity (Wildman–Crippen MR) is 111 cm³/mol. The van der Waals surface area contributed by atoms with E-state index in [1.165, 1.54) is 11.1 Å². The Bertz CT molecular complexity index is 763. The van der Waals surface area contributed by atoms with Crippen molar-refractivity contribution in [1.29, 1.82) is 0 Å². The molecule has 0 bridgehead atoms. The Morgan fingerprint density at radius 1 is 0.741 bits per heavy atom. The van der Waals surface area contributed by atoms with Crippen molar-refractivity contribution in [2.24, 2.45) is 0 Å². The van der Waals surface area contributed by atoms with Gasteiger partial charge in [0.05, 0.1) is 6.61 Å². The number of unbranched alkanes of at least 4 members (excludes halogenated alkanes) is 1. The van der Waals surface area contributed by atoms with Crippen LogP contribution in [0.25, 0.3) is 0 Å². The van der Waals surface area contributed by atoms with Gasteiger partial charge in [-0.25, -0.2) is 0 Å². The second kappa shape index (κ2) is 9.94. The molecule has 27 heavy (non-hydrogen) atoms. The summed E-state index contributed by atoms with van der Waals surface area (Å²) in [5.41, 5.74) is 5.44. The van der Waals surface area contributed by atoms with Gasteiger partial charge in [0.1, 0.15) is 5.75 Å². The number of ether oxygens (including phenoxy) is 1. The second-order valence-corrected chi connectivity index (χ2v) is 6.99. The molecule has 0 atom stereocenters. The van der Waals surface area contributed by atoms with E-state index in [1.54, 1.807) is 0 Å². The topological polar surface area (TPSA) is 29.5 Å². The van der Waals surface area contributed by atoms with Gasteiger partial charge in [-0.1, -0.05) is 74.0 Å². The monoisotopic (exact) mass is 360 g/mol. The average molecular weight is 360 g/mol. The first kappa shape index (κ1) is 19.2. The van der Waals surface area contributed by atoms with E-state index < -0.39 is 0 Å². The van der Waals surface area contributed by atoms with E-state index in [9.17, 15) is 5.11 Å². The Morgan fingerprint density at radius 2 is 1.26 bits per heavy atom. The largest absolute Gasteiger partial charge is 0.507 e. The van der Waals surface area contributed by atoms with Crippen LogP contribution >= 0.6 is 0 Å². The van der Waals surface area contributed by atoms with Crippen LogP contribution in [0.15, 0.2) is 72.8 Å². The highest BCUT2D eigenvalue weighted by atomic mass is 16.5. The van der Waals surface area contributed by atoms with Crippen LogP contribution in [-0.4, -0.2) is 11.7 Å². The standard InChI is InChI=1S/C25H28O2/c1-2-3-14-27-19-22-17-23(15-20-10-6-4-7-11-20)25(26)24(18-22)16-21-12-8-5-9-13-21/h4-13,17-18,26H,2-3,14-16,19H2,1H3. The Labute approximate surface area is 162 Å². The van der Waals surface area contributed by atoms with Crippen molar-refractivity contribution in [2.75, 3.05) is 6.61 Å². The van der Waals surface area contributed by atoms with E-state index in [2.05, 4.69) is 43.3 Å². The molecule has 1 N–H and O–H groups in total. The summed E-state index contributed by atoms with van der Waals surface area (Å²) in [5, 5.41) is 10.9.